The van der Waals surface area contributed by atoms with Crippen molar-refractivity contribution in [2.75, 3.05) is 5.75 Å². The van der Waals surface area contributed by atoms with Gasteiger partial charge in [0.1, 0.15) is 0 Å². The van der Waals surface area contributed by atoms with Gasteiger partial charge in [-0.3, -0.25) is 14.9 Å². The van der Waals surface area contributed by atoms with Crippen molar-refractivity contribution >= 4 is 46.5 Å². The Kier molecular flexibility index (Phi) is 5.80. The second-order valence-corrected chi connectivity index (χ2v) is 8.12. The summed E-state index contributed by atoms with van der Waals surface area (Å²) in [5.74, 6) is 0.885. The molecule has 10 nitrogen and oxygen atoms in total. The molecule has 0 bridgehead atoms. The van der Waals surface area contributed by atoms with E-state index in [2.05, 4.69) is 20.3 Å². The molecule has 1 amide bonds. The Balaban J connectivity index is 1.58. The number of nitrogens with two attached hydrogens (primary N) is 1. The molecule has 0 atom stereocenters. The van der Waals surface area contributed by atoms with Crippen LogP contribution in [0.5, 0.6) is 0 Å². The van der Waals surface area contributed by atoms with Crippen molar-refractivity contribution in [3.05, 3.63) is 40.3 Å². The first-order valence-electron chi connectivity index (χ1n) is 6.96. The topological polar surface area (TPSA) is 151 Å². The van der Waals surface area contributed by atoms with Gasteiger partial charge >= 0.3 is 0 Å². The fourth-order valence-electron chi connectivity index (χ4n) is 1.73. The number of primary amides is 1. The predicted octanol–water partition coefficient (Wildman–Crippen LogP) is 2.37. The van der Waals surface area contributed by atoms with Crippen LogP contribution in [0.3, 0.4) is 0 Å². The van der Waals surface area contributed by atoms with E-state index in [1.165, 1.54) is 47.0 Å². The van der Waals surface area contributed by atoms with Crippen molar-refractivity contribution in [3.8, 4) is 11.4 Å². The third-order valence-corrected chi connectivity index (χ3v) is 6.05. The summed E-state index contributed by atoms with van der Waals surface area (Å²) in [4.78, 5) is 25.2. The van der Waals surface area contributed by atoms with Crippen LogP contribution >= 0.6 is 34.9 Å². The highest BCUT2D eigenvalue weighted by atomic mass is 32.2. The Morgan fingerprint density at radius 1 is 1.23 bits per heavy atom. The van der Waals surface area contributed by atoms with Crippen molar-refractivity contribution in [2.45, 2.75) is 14.4 Å². The summed E-state index contributed by atoms with van der Waals surface area (Å²) < 4.78 is 6.54. The first kappa shape index (κ1) is 18.3. The smallest absolute Gasteiger partial charge is 0.269 e. The normalized spacial score (nSPS) is 10.8. The van der Waals surface area contributed by atoms with Gasteiger partial charge in [-0.05, 0) is 12.1 Å². The standard InChI is InChI=1S/C13H10N6O4S3/c14-9(20)5-24-12-16-17-13(26-12)25-6-10-15-11(18-23-10)7-1-3-8(4-2-7)19(21)22/h1-4H,5-6H2,(H2,14,20). The fourth-order valence-corrected chi connectivity index (χ4v) is 4.33. The molecule has 0 aliphatic heterocycles. The zero-order valence-corrected chi connectivity index (χ0v) is 15.3. The molecule has 3 aromatic rings. The first-order chi connectivity index (χ1) is 12.5. The molecule has 3 rings (SSSR count). The number of non-ortho nitro benzene ring substituents is 1. The van der Waals surface area contributed by atoms with Crippen LogP contribution in [0.2, 0.25) is 0 Å². The molecule has 0 saturated carbocycles. The number of carbonyl (C=O) groups excluding carboxylic acids is 1. The molecule has 0 fully saturated rings. The molecule has 0 unspecified atom stereocenters. The van der Waals surface area contributed by atoms with Gasteiger partial charge in [0.25, 0.3) is 5.69 Å². The van der Waals surface area contributed by atoms with Crippen molar-refractivity contribution in [1.29, 1.82) is 0 Å². The predicted molar refractivity (Wildman–Crippen MR) is 95.8 cm³/mol. The summed E-state index contributed by atoms with van der Waals surface area (Å²) in [5, 5.41) is 22.5. The summed E-state index contributed by atoms with van der Waals surface area (Å²) in [6.07, 6.45) is 0. The minimum absolute atomic E-state index is 0.00527. The minimum Gasteiger partial charge on any atom is -0.369 e. The number of hydrogen-bond donors (Lipinski definition) is 1. The van der Waals surface area contributed by atoms with Crippen molar-refractivity contribution in [3.63, 3.8) is 0 Å². The highest BCUT2D eigenvalue weighted by Gasteiger charge is 2.13. The monoisotopic (exact) mass is 410 g/mol. The number of nitrogens with zero attached hydrogens (tertiary/aromatic N) is 5. The van der Waals surface area contributed by atoms with Crippen LogP contribution in [0, 0.1) is 10.1 Å². The van der Waals surface area contributed by atoms with Gasteiger partial charge in [-0.1, -0.05) is 40.0 Å². The highest BCUT2D eigenvalue weighted by Crippen LogP contribution is 2.30. The number of hydrogen-bond acceptors (Lipinski definition) is 11. The number of rotatable bonds is 8. The number of carbonyl (C=O) groups is 1. The van der Waals surface area contributed by atoms with Crippen LogP contribution in [0.25, 0.3) is 11.4 Å². The molecular formula is C13H10N6O4S3. The molecule has 1 aromatic carbocycles. The van der Waals surface area contributed by atoms with Gasteiger partial charge in [0, 0.05) is 17.7 Å². The van der Waals surface area contributed by atoms with Gasteiger partial charge in [0.05, 0.1) is 16.4 Å². The van der Waals surface area contributed by atoms with Gasteiger partial charge < -0.3 is 10.3 Å². The molecule has 134 valence electrons. The third kappa shape index (κ3) is 4.77. The van der Waals surface area contributed by atoms with Crippen LogP contribution in [0.4, 0.5) is 5.69 Å². The molecule has 26 heavy (non-hydrogen) atoms. The summed E-state index contributed by atoms with van der Waals surface area (Å²) in [6, 6.07) is 5.89. The second-order valence-electron chi connectivity index (χ2n) is 4.69. The van der Waals surface area contributed by atoms with E-state index in [0.29, 0.717) is 31.7 Å². The van der Waals surface area contributed by atoms with E-state index in [0.717, 1.165) is 0 Å². The second kappa shape index (κ2) is 8.25. The van der Waals surface area contributed by atoms with E-state index in [1.807, 2.05) is 0 Å². The lowest BCUT2D eigenvalue weighted by Gasteiger charge is -1.93. The van der Waals surface area contributed by atoms with Crippen LogP contribution in [0.1, 0.15) is 5.89 Å². The largest absolute Gasteiger partial charge is 0.369 e. The minimum atomic E-state index is -0.472. The summed E-state index contributed by atoms with van der Waals surface area (Å²) >= 11 is 3.95. The Morgan fingerprint density at radius 3 is 2.58 bits per heavy atom. The van der Waals surface area contributed by atoms with E-state index in [-0.39, 0.29) is 11.4 Å². The number of nitro benzene ring substituents is 1. The highest BCUT2D eigenvalue weighted by molar-refractivity contribution is 8.03. The number of aromatic nitrogens is 4. The Morgan fingerprint density at radius 2 is 1.92 bits per heavy atom. The average molecular weight is 410 g/mol. The zero-order chi connectivity index (χ0) is 18.5. The maximum Gasteiger partial charge on any atom is 0.269 e. The zero-order valence-electron chi connectivity index (χ0n) is 12.9. The average Bonchev–Trinajstić information content (AvgIpc) is 3.27. The lowest BCUT2D eigenvalue weighted by Crippen LogP contribution is -2.12. The third-order valence-electron chi connectivity index (χ3n) is 2.85. The molecule has 0 aliphatic carbocycles. The van der Waals surface area contributed by atoms with Gasteiger partial charge in [-0.15, -0.1) is 10.2 Å². The van der Waals surface area contributed by atoms with Crippen molar-refractivity contribution in [1.82, 2.24) is 20.3 Å². The lowest BCUT2D eigenvalue weighted by atomic mass is 10.2. The number of thioether (sulfide) groups is 2. The molecular weight excluding hydrogens is 400 g/mol. The molecule has 0 radical (unpaired) electrons. The molecule has 0 saturated heterocycles. The summed E-state index contributed by atoms with van der Waals surface area (Å²) in [6.45, 7) is 0. The Hall–Kier alpha value is -2.51. The molecule has 2 heterocycles. The van der Waals surface area contributed by atoms with Crippen LogP contribution in [-0.4, -0.2) is 36.9 Å². The van der Waals surface area contributed by atoms with Gasteiger partial charge in [0.2, 0.25) is 17.6 Å². The maximum atomic E-state index is 10.8. The van der Waals surface area contributed by atoms with E-state index >= 15 is 0 Å². The van der Waals surface area contributed by atoms with Crippen LogP contribution in [0.15, 0.2) is 37.5 Å². The van der Waals surface area contributed by atoms with Gasteiger partial charge in [0.15, 0.2) is 8.68 Å². The van der Waals surface area contributed by atoms with Crippen molar-refractivity contribution in [2.24, 2.45) is 5.73 Å². The summed E-state index contributed by atoms with van der Waals surface area (Å²) in [5.41, 5.74) is 5.70. The Labute approximate surface area is 158 Å². The Bertz CT molecular complexity index is 926. The van der Waals surface area contributed by atoms with Crippen LogP contribution < -0.4 is 5.73 Å². The summed E-state index contributed by atoms with van der Waals surface area (Å²) in [7, 11) is 0. The molecule has 0 aliphatic rings. The number of benzene rings is 1. The SMILES string of the molecule is NC(=O)CSc1nnc(SCc2nc(-c3ccc([N+](=O)[O-])cc3)no2)s1. The molecule has 0 spiro atoms. The first-order valence-corrected chi connectivity index (χ1v) is 9.75. The lowest BCUT2D eigenvalue weighted by molar-refractivity contribution is -0.384. The molecule has 13 heteroatoms. The molecule has 2 aromatic heterocycles. The van der Waals surface area contributed by atoms with Crippen molar-refractivity contribution < 1.29 is 14.2 Å². The van der Waals surface area contributed by atoms with Crippen LogP contribution in [-0.2, 0) is 10.5 Å². The quantitative estimate of drug-likeness (QED) is 0.333. The van der Waals surface area contributed by atoms with E-state index in [9.17, 15) is 14.9 Å². The fraction of sp³-hybridized carbons (Fsp3) is 0.154. The van der Waals surface area contributed by atoms with E-state index < -0.39 is 10.8 Å². The van der Waals surface area contributed by atoms with Gasteiger partial charge in [-0.2, -0.15) is 4.98 Å². The van der Waals surface area contributed by atoms with E-state index in [4.69, 9.17) is 10.3 Å². The number of amides is 1. The van der Waals surface area contributed by atoms with E-state index in [1.54, 1.807) is 12.1 Å². The maximum absolute atomic E-state index is 10.8. The van der Waals surface area contributed by atoms with Gasteiger partial charge in [-0.25, -0.2) is 0 Å². The molecule has 2 N–H and O–H groups in total. The number of nitro groups is 1.